The van der Waals surface area contributed by atoms with Crippen LogP contribution in [0.1, 0.15) is 79.4 Å². The zero-order valence-corrected chi connectivity index (χ0v) is 42.5. The molecule has 0 atom stereocenters. The number of anilines is 2. The molecule has 0 aliphatic carbocycles. The van der Waals surface area contributed by atoms with Crippen LogP contribution in [0.25, 0.3) is 21.3 Å². The van der Waals surface area contributed by atoms with E-state index in [1.54, 1.807) is 6.92 Å². The smallest absolute Gasteiger partial charge is 0.504 e. The quantitative estimate of drug-likeness (QED) is 0.0794. The summed E-state index contributed by atoms with van der Waals surface area (Å²) in [5.41, 5.74) is -5.78. The van der Waals surface area contributed by atoms with Gasteiger partial charge in [-0.3, -0.25) is 0 Å². The van der Waals surface area contributed by atoms with Crippen molar-refractivity contribution in [2.45, 2.75) is 73.7 Å². The van der Waals surface area contributed by atoms with Crippen LogP contribution in [0.5, 0.6) is 0 Å². The van der Waals surface area contributed by atoms with Crippen LogP contribution in [0.4, 0.5) is 65.1 Å². The number of carbonyl (C=O) groups is 2. The minimum absolute atomic E-state index is 0.135. The Kier molecular flexibility index (Phi) is 22.0. The van der Waals surface area contributed by atoms with Crippen LogP contribution in [0.2, 0.25) is 0 Å². The number of ether oxygens (including phenoxy) is 3. The van der Waals surface area contributed by atoms with Crippen molar-refractivity contribution in [2.75, 3.05) is 54.5 Å². The highest BCUT2D eigenvalue weighted by molar-refractivity contribution is 8.02. The van der Waals surface area contributed by atoms with E-state index < -0.39 is 137 Å². The van der Waals surface area contributed by atoms with Gasteiger partial charge >= 0.3 is 23.9 Å². The largest absolute Gasteiger partial charge is 0.513 e. The molecular formula is C44H48ClF10N7O10S2. The number of aryl methyl sites for hydroxylation is 2. The molecule has 0 amide bonds. The maximum atomic E-state index is 13.8. The third-order valence-corrected chi connectivity index (χ3v) is 13.7. The van der Waals surface area contributed by atoms with E-state index in [0.29, 0.717) is 18.7 Å². The second-order valence-electron chi connectivity index (χ2n) is 14.8. The number of halogens is 11. The second kappa shape index (κ2) is 26.2. The molecule has 0 saturated heterocycles. The van der Waals surface area contributed by atoms with Gasteiger partial charge in [0.2, 0.25) is 0 Å². The summed E-state index contributed by atoms with van der Waals surface area (Å²) in [6, 6.07) is 5.31. The maximum absolute atomic E-state index is 13.8. The van der Waals surface area contributed by atoms with Crippen molar-refractivity contribution in [1.82, 2.24) is 24.8 Å². The van der Waals surface area contributed by atoms with Crippen molar-refractivity contribution in [3.63, 3.8) is 0 Å². The van der Waals surface area contributed by atoms with Gasteiger partial charge in [-0.1, -0.05) is 44.0 Å². The number of aliphatic hydroxyl groups is 1. The number of hydrogen-bond acceptors (Lipinski definition) is 15. The number of alkyl halides is 10. The molecule has 0 spiro atoms. The summed E-state index contributed by atoms with van der Waals surface area (Å²) in [6.45, 7) is 13.4. The first-order valence-electron chi connectivity index (χ1n) is 21.6. The minimum atomic E-state index is -5.14. The van der Waals surface area contributed by atoms with Gasteiger partial charge in [-0.15, -0.1) is 0 Å². The lowest BCUT2D eigenvalue weighted by atomic mass is 10.0. The van der Waals surface area contributed by atoms with Crippen LogP contribution < -0.4 is 8.61 Å². The first kappa shape index (κ1) is 62.0. The Morgan fingerprint density at radius 2 is 1.04 bits per heavy atom. The van der Waals surface area contributed by atoms with E-state index in [-0.39, 0.29) is 26.3 Å². The number of nitrogens with zero attached hydrogens (tertiary/aromatic N) is 7. The lowest BCUT2D eigenvalue weighted by molar-refractivity contribution is -0.138. The summed E-state index contributed by atoms with van der Waals surface area (Å²) in [7, 11) is -10.1. The van der Waals surface area contributed by atoms with E-state index >= 15 is 0 Å². The van der Waals surface area contributed by atoms with Gasteiger partial charge < -0.3 is 24.2 Å². The van der Waals surface area contributed by atoms with Gasteiger partial charge in [-0.25, -0.2) is 72.5 Å². The lowest BCUT2D eigenvalue weighted by Gasteiger charge is -2.31. The number of hydrogen-bond donors (Lipinski definition) is 1. The summed E-state index contributed by atoms with van der Waals surface area (Å²) in [4.78, 5) is 36.6. The summed E-state index contributed by atoms with van der Waals surface area (Å²) in [5.74, 6) is -3.24. The molecule has 4 heterocycles. The van der Waals surface area contributed by atoms with E-state index in [4.69, 9.17) is 16.3 Å². The molecular weight excluding hydrogens is 1080 g/mol. The average molecular weight is 1120 g/mol. The molecule has 2 aromatic carbocycles. The molecule has 2 aromatic heterocycles. The summed E-state index contributed by atoms with van der Waals surface area (Å²) in [6.07, 6.45) is -13.7. The monoisotopic (exact) mass is 1120 g/mol. The number of fused-ring (bicyclic) bond motifs is 2. The van der Waals surface area contributed by atoms with E-state index in [1.165, 1.54) is 40.4 Å². The number of carbonyl (C=O) groups excluding carboxylic acids is 2. The molecule has 30 heteroatoms. The molecule has 6 rings (SSSR count). The first-order valence-corrected chi connectivity index (χ1v) is 24.9. The highest BCUT2D eigenvalue weighted by atomic mass is 35.5. The number of aliphatic hydroxyl groups excluding tert-OH is 1. The Bertz CT molecular complexity index is 2900. The number of sulfonamides is 2. The fourth-order valence-electron chi connectivity index (χ4n) is 6.70. The first-order chi connectivity index (χ1) is 34.4. The molecule has 17 nitrogen and oxygen atoms in total. The third kappa shape index (κ3) is 15.4. The normalized spacial score (nSPS) is 14.7. The average Bonchev–Trinajstić information content (AvgIpc) is 3.29. The van der Waals surface area contributed by atoms with Crippen LogP contribution >= 0.6 is 11.6 Å². The van der Waals surface area contributed by atoms with E-state index in [2.05, 4.69) is 55.1 Å². The maximum Gasteiger partial charge on any atom is 0.513 e. The van der Waals surface area contributed by atoms with Crippen molar-refractivity contribution in [1.29, 1.82) is 0 Å². The van der Waals surface area contributed by atoms with E-state index in [0.717, 1.165) is 49.1 Å². The Hall–Kier alpha value is -6.33. The van der Waals surface area contributed by atoms with Gasteiger partial charge in [0.15, 0.2) is 28.8 Å². The predicted octanol–water partition coefficient (Wildman–Crippen LogP) is 10.5. The van der Waals surface area contributed by atoms with Gasteiger partial charge in [0.05, 0.1) is 37.4 Å². The zero-order chi connectivity index (χ0) is 56.1. The molecule has 4 aromatic rings. The highest BCUT2D eigenvalue weighted by Crippen LogP contribution is 2.47. The van der Waals surface area contributed by atoms with Crippen LogP contribution in [-0.2, 0) is 46.6 Å². The second-order valence-corrected chi connectivity index (χ2v) is 18.7. The number of benzene rings is 2. The van der Waals surface area contributed by atoms with Crippen molar-refractivity contribution in [3.05, 3.63) is 106 Å². The number of rotatable bonds is 12. The van der Waals surface area contributed by atoms with Crippen LogP contribution in [0.15, 0.2) is 61.2 Å². The van der Waals surface area contributed by atoms with Gasteiger partial charge in [0, 0.05) is 47.5 Å². The topological polar surface area (TPSA) is 212 Å². The molecule has 0 unspecified atom stereocenters. The Balaban J connectivity index is 0.000000317. The molecule has 0 fully saturated rings. The molecule has 1 N–H and O–H groups in total. The van der Waals surface area contributed by atoms with Gasteiger partial charge in [0.25, 0.3) is 32.9 Å². The molecule has 408 valence electrons. The van der Waals surface area contributed by atoms with Crippen molar-refractivity contribution in [2.24, 2.45) is 0 Å². The zero-order valence-electron chi connectivity index (χ0n) is 40.1. The molecule has 0 radical (unpaired) electrons. The lowest BCUT2D eigenvalue weighted by Crippen LogP contribution is -2.40. The summed E-state index contributed by atoms with van der Waals surface area (Å²) >= 11 is 4.72. The van der Waals surface area contributed by atoms with Crippen molar-refractivity contribution in [3.8, 4) is 0 Å². The van der Waals surface area contributed by atoms with Crippen LogP contribution in [0, 0.1) is 13.8 Å². The van der Waals surface area contributed by atoms with Gasteiger partial charge in [-0.05, 0) is 71.6 Å². The van der Waals surface area contributed by atoms with Crippen molar-refractivity contribution >= 4 is 76.2 Å². The molecule has 2 aliphatic heterocycles. The summed E-state index contributed by atoms with van der Waals surface area (Å²) in [5, 5.41) is 10.5. The molecule has 74 heavy (non-hydrogen) atoms. The van der Waals surface area contributed by atoms with Crippen molar-refractivity contribution < 1.29 is 89.6 Å². The number of aromatic nitrogens is 4. The highest BCUT2D eigenvalue weighted by Gasteiger charge is 2.48. The standard InChI is InChI=1S/C19H16F5N3O5S.C16H12F5N3O3S.C6H15N.C3H5ClO2/c1-3-31-18(28)32-15-14-17(26-7-6-25-14)27(9-13(20)21)33(29,30)16(15)11-8-10(2)4-5-12(11)19(22,23)24;1-8-2-3-10(16(19,20)21)9(6-8)14-13(25)12-15(23-5-4-22-12)24(7-11(17)18)28(14,26)27;1-4-7(5-2)6-3;1-2-6-3(4)5/h4-8,13H,3,9H2,1-2H3;2-6,11,25H,7H2,1H3;4-6H2,1-3H3;2H2,1H3. The van der Waals surface area contributed by atoms with Gasteiger partial charge in [0.1, 0.15) is 15.5 Å². The molecule has 2 aliphatic rings. The van der Waals surface area contributed by atoms with E-state index in [1.807, 2.05) is 0 Å². The van der Waals surface area contributed by atoms with Crippen LogP contribution in [0.3, 0.4) is 0 Å². The third-order valence-electron chi connectivity index (χ3n) is 9.89. The Morgan fingerprint density at radius 3 is 1.41 bits per heavy atom. The summed E-state index contributed by atoms with van der Waals surface area (Å²) < 4.78 is 201. The SMILES string of the molecule is CCN(CC)CC.CCOC(=O)Cl.CCOC(=O)OC1=C(c2cc(C)ccc2C(F)(F)F)S(=O)(=O)N(CC(F)F)c2nccnc21.Cc1ccc(C(F)(F)F)c(C2=C(O)c3nccnc3N(CC(F)F)S2(=O)=O)c1. The van der Waals surface area contributed by atoms with Gasteiger partial charge in [-0.2, -0.15) is 26.3 Å². The fraction of sp³-hybridized carbons (Fsp3) is 0.409. The minimum Gasteiger partial charge on any atom is -0.504 e. The Labute approximate surface area is 423 Å². The predicted molar refractivity (Wildman–Crippen MR) is 252 cm³/mol. The Morgan fingerprint density at radius 1 is 0.649 bits per heavy atom. The van der Waals surface area contributed by atoms with Crippen LogP contribution in [-0.4, -0.2) is 117 Å². The molecule has 0 bridgehead atoms. The molecule has 0 saturated carbocycles. The van der Waals surface area contributed by atoms with E-state index in [9.17, 15) is 75.4 Å². The fourth-order valence-corrected chi connectivity index (χ4v) is 10.2.